The van der Waals surface area contributed by atoms with Crippen molar-refractivity contribution in [2.45, 2.75) is 0 Å². The van der Waals surface area contributed by atoms with E-state index >= 15 is 0 Å². The number of nitrogens with one attached hydrogen (secondary N) is 1. The highest BCUT2D eigenvalue weighted by molar-refractivity contribution is 7.80. The number of nitrogens with zero attached hydrogens (tertiary/aromatic N) is 1. The molecule has 0 radical (unpaired) electrons. The molecule has 0 aliphatic heterocycles. The lowest BCUT2D eigenvalue weighted by Gasteiger charge is -2.10. The summed E-state index contributed by atoms with van der Waals surface area (Å²) < 4.78 is 0. The van der Waals surface area contributed by atoms with Gasteiger partial charge in [-0.25, -0.2) is 4.98 Å². The summed E-state index contributed by atoms with van der Waals surface area (Å²) in [6.07, 6.45) is 1.39. The zero-order valence-electron chi connectivity index (χ0n) is 10.1. The zero-order valence-corrected chi connectivity index (χ0v) is 12.4. The molecule has 0 spiro atoms. The minimum absolute atomic E-state index is 0.168. The number of carbonyl (C=O) groups excluding carboxylic acids is 1. The maximum Gasteiger partial charge on any atom is 0.274 e. The minimum atomic E-state index is -0.401. The summed E-state index contributed by atoms with van der Waals surface area (Å²) >= 11 is 16.6. The van der Waals surface area contributed by atoms with Crippen LogP contribution in [0.1, 0.15) is 16.1 Å². The third-order valence-corrected chi connectivity index (χ3v) is 3.13. The molecule has 0 aliphatic carbocycles. The SMILES string of the molecule is NC(=S)c1ccc(Cl)cc1NC(=O)c1ccc(Cl)cn1. The second-order valence-electron chi connectivity index (χ2n) is 3.87. The molecule has 1 heterocycles. The van der Waals surface area contributed by atoms with Gasteiger partial charge in [0.25, 0.3) is 5.91 Å². The summed E-state index contributed by atoms with van der Waals surface area (Å²) in [6, 6.07) is 7.96. The Kier molecular flexibility index (Phi) is 4.54. The molecule has 1 aromatic carbocycles. The van der Waals surface area contributed by atoms with Crippen LogP contribution in [0.4, 0.5) is 5.69 Å². The van der Waals surface area contributed by atoms with Crippen molar-refractivity contribution in [1.82, 2.24) is 4.98 Å². The quantitative estimate of drug-likeness (QED) is 0.850. The molecule has 1 aromatic heterocycles. The molecule has 1 amide bonds. The molecule has 0 aliphatic rings. The maximum absolute atomic E-state index is 12.1. The molecule has 0 fully saturated rings. The number of pyridine rings is 1. The fourth-order valence-corrected chi connectivity index (χ4v) is 1.99. The van der Waals surface area contributed by atoms with Gasteiger partial charge in [0.15, 0.2) is 0 Å². The van der Waals surface area contributed by atoms with Gasteiger partial charge in [0, 0.05) is 16.8 Å². The van der Waals surface area contributed by atoms with Crippen LogP contribution in [0.25, 0.3) is 0 Å². The number of rotatable bonds is 3. The van der Waals surface area contributed by atoms with Crippen molar-refractivity contribution >= 4 is 52.0 Å². The van der Waals surface area contributed by atoms with E-state index in [0.717, 1.165) is 0 Å². The summed E-state index contributed by atoms with van der Waals surface area (Å²) in [5.41, 5.74) is 6.80. The van der Waals surface area contributed by atoms with E-state index in [2.05, 4.69) is 10.3 Å². The lowest BCUT2D eigenvalue weighted by molar-refractivity contribution is 0.102. The number of benzene rings is 1. The standard InChI is InChI=1S/C13H9Cl2N3OS/c14-7-1-3-9(12(16)20)11(5-7)18-13(19)10-4-2-8(15)6-17-10/h1-6H,(H2,16,20)(H,18,19). The topological polar surface area (TPSA) is 68.0 Å². The molecule has 0 saturated carbocycles. The van der Waals surface area contributed by atoms with E-state index in [1.54, 1.807) is 24.3 Å². The van der Waals surface area contributed by atoms with Crippen LogP contribution in [-0.2, 0) is 0 Å². The highest BCUT2D eigenvalue weighted by atomic mass is 35.5. The summed E-state index contributed by atoms with van der Waals surface area (Å²) in [7, 11) is 0. The number of halogens is 2. The molecular formula is C13H9Cl2N3OS. The molecular weight excluding hydrogens is 317 g/mol. The molecule has 102 valence electrons. The fourth-order valence-electron chi connectivity index (χ4n) is 1.53. The predicted molar refractivity (Wildman–Crippen MR) is 84.5 cm³/mol. The first kappa shape index (κ1) is 14.7. The zero-order chi connectivity index (χ0) is 14.7. The molecule has 0 saturated heterocycles. The van der Waals surface area contributed by atoms with E-state index in [0.29, 0.717) is 21.3 Å². The number of hydrogen-bond acceptors (Lipinski definition) is 3. The van der Waals surface area contributed by atoms with Gasteiger partial charge in [-0.3, -0.25) is 4.79 Å². The van der Waals surface area contributed by atoms with Crippen molar-refractivity contribution in [2.75, 3.05) is 5.32 Å². The van der Waals surface area contributed by atoms with E-state index < -0.39 is 5.91 Å². The van der Waals surface area contributed by atoms with Crippen LogP contribution in [0.5, 0.6) is 0 Å². The van der Waals surface area contributed by atoms with Gasteiger partial charge >= 0.3 is 0 Å². The fraction of sp³-hybridized carbons (Fsp3) is 0. The number of amides is 1. The minimum Gasteiger partial charge on any atom is -0.389 e. The van der Waals surface area contributed by atoms with Crippen LogP contribution < -0.4 is 11.1 Å². The average molecular weight is 326 g/mol. The summed E-state index contributed by atoms with van der Waals surface area (Å²) in [5, 5.41) is 3.59. The van der Waals surface area contributed by atoms with Crippen molar-refractivity contribution < 1.29 is 4.79 Å². The Balaban J connectivity index is 2.29. The van der Waals surface area contributed by atoms with Crippen LogP contribution in [-0.4, -0.2) is 15.9 Å². The molecule has 7 heteroatoms. The van der Waals surface area contributed by atoms with Gasteiger partial charge < -0.3 is 11.1 Å². The van der Waals surface area contributed by atoms with Crippen molar-refractivity contribution in [3.8, 4) is 0 Å². The second-order valence-corrected chi connectivity index (χ2v) is 5.18. The Labute approximate surface area is 130 Å². The van der Waals surface area contributed by atoms with Gasteiger partial charge in [0.05, 0.1) is 10.7 Å². The Hall–Kier alpha value is -1.69. The summed E-state index contributed by atoms with van der Waals surface area (Å²) in [5.74, 6) is -0.401. The Morgan fingerprint density at radius 1 is 1.20 bits per heavy atom. The molecule has 0 unspecified atom stereocenters. The largest absolute Gasteiger partial charge is 0.389 e. The van der Waals surface area contributed by atoms with Crippen molar-refractivity contribution in [1.29, 1.82) is 0 Å². The Morgan fingerprint density at radius 2 is 1.90 bits per heavy atom. The average Bonchev–Trinajstić information content (AvgIpc) is 2.39. The van der Waals surface area contributed by atoms with E-state index in [-0.39, 0.29) is 10.7 Å². The molecule has 3 N–H and O–H groups in total. The smallest absolute Gasteiger partial charge is 0.274 e. The molecule has 2 rings (SSSR count). The lowest BCUT2D eigenvalue weighted by Crippen LogP contribution is -2.18. The first-order valence-corrected chi connectivity index (χ1v) is 6.66. The van der Waals surface area contributed by atoms with Gasteiger partial charge in [-0.1, -0.05) is 35.4 Å². The number of carbonyl (C=O) groups is 1. The van der Waals surface area contributed by atoms with Gasteiger partial charge in [0.2, 0.25) is 0 Å². The molecule has 0 bridgehead atoms. The summed E-state index contributed by atoms with van der Waals surface area (Å²) in [6.45, 7) is 0. The highest BCUT2D eigenvalue weighted by Gasteiger charge is 2.12. The normalized spacial score (nSPS) is 10.1. The van der Waals surface area contributed by atoms with Crippen LogP contribution in [0.2, 0.25) is 10.0 Å². The Morgan fingerprint density at radius 3 is 2.50 bits per heavy atom. The van der Waals surface area contributed by atoms with Crippen LogP contribution in [0.3, 0.4) is 0 Å². The van der Waals surface area contributed by atoms with Gasteiger partial charge in [-0.05, 0) is 30.3 Å². The van der Waals surface area contributed by atoms with E-state index in [4.69, 9.17) is 41.2 Å². The van der Waals surface area contributed by atoms with Crippen molar-refractivity contribution in [3.05, 3.63) is 57.8 Å². The predicted octanol–water partition coefficient (Wildman–Crippen LogP) is 3.27. The Bertz CT molecular complexity index is 674. The number of aromatic nitrogens is 1. The number of thiocarbonyl (C=S) groups is 1. The number of anilines is 1. The number of nitrogens with two attached hydrogens (primary N) is 1. The molecule has 20 heavy (non-hydrogen) atoms. The van der Waals surface area contributed by atoms with Crippen molar-refractivity contribution in [2.24, 2.45) is 5.73 Å². The van der Waals surface area contributed by atoms with Crippen molar-refractivity contribution in [3.63, 3.8) is 0 Å². The monoisotopic (exact) mass is 325 g/mol. The van der Waals surface area contributed by atoms with Crippen LogP contribution >= 0.6 is 35.4 Å². The molecule has 4 nitrogen and oxygen atoms in total. The lowest BCUT2D eigenvalue weighted by atomic mass is 10.1. The van der Waals surface area contributed by atoms with Crippen LogP contribution in [0, 0.1) is 0 Å². The van der Waals surface area contributed by atoms with Gasteiger partial charge in [0.1, 0.15) is 10.7 Å². The first-order chi connectivity index (χ1) is 9.47. The second kappa shape index (κ2) is 6.17. The molecule has 0 atom stereocenters. The van der Waals surface area contributed by atoms with Crippen LogP contribution in [0.15, 0.2) is 36.5 Å². The van der Waals surface area contributed by atoms with Gasteiger partial charge in [-0.2, -0.15) is 0 Å². The van der Waals surface area contributed by atoms with Gasteiger partial charge in [-0.15, -0.1) is 0 Å². The van der Waals surface area contributed by atoms with E-state index in [1.807, 2.05) is 0 Å². The third kappa shape index (κ3) is 3.45. The maximum atomic E-state index is 12.1. The number of hydrogen-bond donors (Lipinski definition) is 2. The van der Waals surface area contributed by atoms with E-state index in [9.17, 15) is 4.79 Å². The summed E-state index contributed by atoms with van der Waals surface area (Å²) in [4.78, 5) is 16.2. The third-order valence-electron chi connectivity index (χ3n) is 2.46. The van der Waals surface area contributed by atoms with E-state index in [1.165, 1.54) is 12.3 Å². The molecule has 2 aromatic rings. The first-order valence-electron chi connectivity index (χ1n) is 5.49. The highest BCUT2D eigenvalue weighted by Crippen LogP contribution is 2.21.